The van der Waals surface area contributed by atoms with E-state index < -0.39 is 19.7 Å². The zero-order valence-electron chi connectivity index (χ0n) is 31.3. The van der Waals surface area contributed by atoms with E-state index in [0.29, 0.717) is 59.6 Å². The van der Waals surface area contributed by atoms with E-state index in [4.69, 9.17) is 37.4 Å². The van der Waals surface area contributed by atoms with Crippen LogP contribution in [-0.4, -0.2) is 70.1 Å². The molecule has 13 heteroatoms. The zero-order chi connectivity index (χ0) is 37.7. The number of piperidine rings is 1. The summed E-state index contributed by atoms with van der Waals surface area (Å²) in [5.74, 6) is -0.604. The van der Waals surface area contributed by atoms with Gasteiger partial charge in [0.05, 0.1) is 46.0 Å². The highest BCUT2D eigenvalue weighted by Gasteiger charge is 2.39. The maximum atomic E-state index is 17.0. The van der Waals surface area contributed by atoms with Gasteiger partial charge in [-0.3, -0.25) is 9.67 Å². The van der Waals surface area contributed by atoms with Crippen molar-refractivity contribution in [2.24, 2.45) is 0 Å². The van der Waals surface area contributed by atoms with Gasteiger partial charge in [0, 0.05) is 36.2 Å². The normalized spacial score (nSPS) is 17.2. The fourth-order valence-corrected chi connectivity index (χ4v) is 8.64. The van der Waals surface area contributed by atoms with Gasteiger partial charge in [-0.1, -0.05) is 50.6 Å². The fourth-order valence-electron chi connectivity index (χ4n) is 6.74. The summed E-state index contributed by atoms with van der Waals surface area (Å²) >= 11 is 8.41. The number of carbonyl (C=O) groups is 1. The SMILES string of the molecule is [C-]#[N+]c1cccc2ccnc(-c3c(Cl)cc4c(nc(SC)c5cnn([C@H]6CCN(C(=O)OC(C)(C)C)[C@H](CCO[Si](C)(C)C(C)(C)C)C6)c54)c3F)c12. The van der Waals surface area contributed by atoms with Crippen molar-refractivity contribution in [1.29, 1.82) is 0 Å². The molecule has 0 spiro atoms. The van der Waals surface area contributed by atoms with Crippen molar-refractivity contribution in [3.8, 4) is 11.3 Å². The van der Waals surface area contributed by atoms with E-state index in [2.05, 4.69) is 43.7 Å². The highest BCUT2D eigenvalue weighted by molar-refractivity contribution is 7.98. The average Bonchev–Trinajstić information content (AvgIpc) is 3.52. The topological polar surface area (TPSA) is 86.7 Å². The number of carbonyl (C=O) groups excluding carboxylic acids is 1. The molecule has 0 bridgehead atoms. The van der Waals surface area contributed by atoms with Crippen LogP contribution in [0.15, 0.2) is 47.8 Å². The quantitative estimate of drug-likeness (QED) is 0.0927. The number of aromatic nitrogens is 4. The van der Waals surface area contributed by atoms with Crippen molar-refractivity contribution >= 4 is 76.0 Å². The van der Waals surface area contributed by atoms with Gasteiger partial charge in [-0.05, 0) is 81.9 Å². The average molecular weight is 761 g/mol. The first-order valence-corrected chi connectivity index (χ1v) is 22.1. The molecule has 0 radical (unpaired) electrons. The van der Waals surface area contributed by atoms with Gasteiger partial charge in [0.25, 0.3) is 0 Å². The number of hydrogen-bond acceptors (Lipinski definition) is 7. The molecule has 0 saturated carbocycles. The van der Waals surface area contributed by atoms with Crippen molar-refractivity contribution in [2.45, 2.75) is 102 Å². The molecule has 6 rings (SSSR count). The molecule has 2 aromatic carbocycles. The summed E-state index contributed by atoms with van der Waals surface area (Å²) in [6.45, 7) is 25.5. The highest BCUT2D eigenvalue weighted by atomic mass is 35.5. The second-order valence-electron chi connectivity index (χ2n) is 16.0. The van der Waals surface area contributed by atoms with Crippen LogP contribution in [-0.2, 0) is 9.16 Å². The zero-order valence-corrected chi connectivity index (χ0v) is 33.9. The lowest BCUT2D eigenvalue weighted by atomic mass is 9.95. The smallest absolute Gasteiger partial charge is 0.410 e. The second-order valence-corrected chi connectivity index (χ2v) is 22.0. The van der Waals surface area contributed by atoms with Crippen LogP contribution < -0.4 is 0 Å². The van der Waals surface area contributed by atoms with Gasteiger partial charge in [-0.2, -0.15) is 5.10 Å². The van der Waals surface area contributed by atoms with Gasteiger partial charge in [-0.25, -0.2) is 19.0 Å². The third kappa shape index (κ3) is 7.13. The molecule has 3 aromatic heterocycles. The first-order chi connectivity index (χ1) is 24.5. The van der Waals surface area contributed by atoms with Crippen molar-refractivity contribution in [2.75, 3.05) is 19.4 Å². The van der Waals surface area contributed by atoms with E-state index in [1.807, 2.05) is 42.7 Å². The summed E-state index contributed by atoms with van der Waals surface area (Å²) < 4.78 is 31.4. The molecule has 0 unspecified atom stereocenters. The Hall–Kier alpha value is -3.76. The van der Waals surface area contributed by atoms with Crippen LogP contribution >= 0.6 is 23.4 Å². The Labute approximate surface area is 315 Å². The van der Waals surface area contributed by atoms with E-state index in [1.54, 1.807) is 36.7 Å². The van der Waals surface area contributed by atoms with Crippen molar-refractivity contribution in [1.82, 2.24) is 24.6 Å². The van der Waals surface area contributed by atoms with Crippen LogP contribution in [0.2, 0.25) is 23.2 Å². The van der Waals surface area contributed by atoms with Gasteiger partial charge in [0.1, 0.15) is 16.1 Å². The summed E-state index contributed by atoms with van der Waals surface area (Å²) in [6, 6.07) is 8.65. The fraction of sp³-hybridized carbons (Fsp3) is 0.462. The summed E-state index contributed by atoms with van der Waals surface area (Å²) in [5, 5.41) is 8.39. The molecule has 1 fully saturated rings. The van der Waals surface area contributed by atoms with Crippen LogP contribution in [0.4, 0.5) is 14.9 Å². The minimum Gasteiger partial charge on any atom is -0.444 e. The molecule has 52 heavy (non-hydrogen) atoms. The lowest BCUT2D eigenvalue weighted by Crippen LogP contribution is -2.49. The van der Waals surface area contributed by atoms with Crippen LogP contribution in [0.1, 0.15) is 66.8 Å². The summed E-state index contributed by atoms with van der Waals surface area (Å²) in [7, 11) is -2.01. The second kappa shape index (κ2) is 14.2. The Morgan fingerprint density at radius 1 is 1.17 bits per heavy atom. The van der Waals surface area contributed by atoms with Crippen LogP contribution in [0.3, 0.4) is 0 Å². The number of halogens is 2. The third-order valence-corrected chi connectivity index (χ3v) is 15.9. The first kappa shape index (κ1) is 38.0. The molecule has 4 heterocycles. The number of thioether (sulfide) groups is 1. The van der Waals surface area contributed by atoms with Gasteiger partial charge in [-0.15, -0.1) is 11.8 Å². The number of benzene rings is 2. The largest absolute Gasteiger partial charge is 0.444 e. The molecule has 2 atom stereocenters. The Morgan fingerprint density at radius 3 is 2.60 bits per heavy atom. The maximum Gasteiger partial charge on any atom is 0.410 e. The van der Waals surface area contributed by atoms with Crippen molar-refractivity contribution in [3.05, 3.63) is 65.0 Å². The number of nitrogens with zero attached hydrogens (tertiary/aromatic N) is 6. The van der Waals surface area contributed by atoms with Crippen LogP contribution in [0.5, 0.6) is 0 Å². The Morgan fingerprint density at radius 2 is 1.92 bits per heavy atom. The minimum atomic E-state index is -2.01. The molecule has 1 amide bonds. The van der Waals surface area contributed by atoms with E-state index >= 15 is 4.39 Å². The molecule has 1 saturated heterocycles. The number of hydrogen-bond donors (Lipinski definition) is 0. The van der Waals surface area contributed by atoms with Gasteiger partial charge < -0.3 is 14.1 Å². The summed E-state index contributed by atoms with van der Waals surface area (Å²) in [4.78, 5) is 28.4. The molecular formula is C39H46ClFN6O3SSi. The number of amides is 1. The Balaban J connectivity index is 1.44. The molecule has 0 aliphatic carbocycles. The van der Waals surface area contributed by atoms with Gasteiger partial charge in [0.15, 0.2) is 19.8 Å². The molecule has 0 N–H and O–H groups in total. The molecule has 5 aromatic rings. The van der Waals surface area contributed by atoms with Crippen LogP contribution in [0.25, 0.3) is 48.7 Å². The first-order valence-electron chi connectivity index (χ1n) is 17.6. The monoisotopic (exact) mass is 760 g/mol. The van der Waals surface area contributed by atoms with E-state index in [0.717, 1.165) is 16.3 Å². The highest BCUT2D eigenvalue weighted by Crippen LogP contribution is 2.44. The number of fused-ring (bicyclic) bond motifs is 4. The minimum absolute atomic E-state index is 0.0599. The Kier molecular flexibility index (Phi) is 10.4. The maximum absolute atomic E-state index is 17.0. The third-order valence-electron chi connectivity index (χ3n) is 10.4. The standard InChI is InChI=1S/C39H46ClFN6O3SSi/c1-38(2,3)50-37(48)46-18-15-25(20-24(46)16-19-49-52(9,10)39(4,5)6)47-35-26-21-28(40)31(32(41)33(26)45-36(51-8)27(35)22-44-47)34-30-23(14-17-43-34)12-11-13-29(30)42-7/h11-14,17,21-22,24-25H,15-16,18-20H2,1-6,8-10H3/t24-,25+/m1/s1. The van der Waals surface area contributed by atoms with Crippen LogP contribution in [0, 0.1) is 12.4 Å². The number of ether oxygens (including phenoxy) is 1. The lowest BCUT2D eigenvalue weighted by Gasteiger charge is -2.41. The summed E-state index contributed by atoms with van der Waals surface area (Å²) in [6.07, 6.45) is 6.85. The molecule has 9 nitrogen and oxygen atoms in total. The lowest BCUT2D eigenvalue weighted by molar-refractivity contribution is 0.00199. The Bertz CT molecular complexity index is 2220. The predicted molar refractivity (Wildman–Crippen MR) is 212 cm³/mol. The number of pyridine rings is 2. The van der Waals surface area contributed by atoms with Crippen molar-refractivity contribution in [3.63, 3.8) is 0 Å². The van der Waals surface area contributed by atoms with E-state index in [1.165, 1.54) is 11.8 Å². The van der Waals surface area contributed by atoms with Gasteiger partial charge in [0.2, 0.25) is 0 Å². The molecular weight excluding hydrogens is 715 g/mol. The number of likely N-dealkylation sites (tertiary alicyclic amines) is 1. The van der Waals surface area contributed by atoms with Crippen molar-refractivity contribution < 1.29 is 18.3 Å². The van der Waals surface area contributed by atoms with Gasteiger partial charge >= 0.3 is 6.09 Å². The molecule has 1 aliphatic rings. The molecule has 1 aliphatic heterocycles. The van der Waals surface area contributed by atoms with E-state index in [9.17, 15) is 4.79 Å². The summed E-state index contributed by atoms with van der Waals surface area (Å²) in [5.41, 5.74) is 1.03. The molecule has 274 valence electrons. The number of rotatable bonds is 7. The van der Waals surface area contributed by atoms with E-state index in [-0.39, 0.29) is 39.3 Å². The predicted octanol–water partition coefficient (Wildman–Crippen LogP) is 11.2.